The number of carboxylic acids is 1. The predicted molar refractivity (Wildman–Crippen MR) is 90.8 cm³/mol. The molecular formula is C18H24N2O4. The summed E-state index contributed by atoms with van der Waals surface area (Å²) in [5.41, 5.74) is 1.17. The van der Waals surface area contributed by atoms with Crippen LogP contribution < -0.4 is 10.6 Å². The van der Waals surface area contributed by atoms with Gasteiger partial charge in [0.25, 0.3) is 5.91 Å². The summed E-state index contributed by atoms with van der Waals surface area (Å²) in [6.45, 7) is 0.560. The number of carbonyl (C=O) groups is 3. The summed E-state index contributed by atoms with van der Waals surface area (Å²) in [5, 5.41) is 14.2. The fourth-order valence-corrected chi connectivity index (χ4v) is 2.39. The summed E-state index contributed by atoms with van der Waals surface area (Å²) in [5.74, 6) is -0.780. The number of anilines is 1. The van der Waals surface area contributed by atoms with E-state index in [4.69, 9.17) is 5.11 Å². The van der Waals surface area contributed by atoms with E-state index in [0.717, 1.165) is 32.1 Å². The quantitative estimate of drug-likeness (QED) is 0.574. The summed E-state index contributed by atoms with van der Waals surface area (Å²) in [4.78, 5) is 34.2. The fourth-order valence-electron chi connectivity index (χ4n) is 2.39. The highest BCUT2D eigenvalue weighted by Crippen LogP contribution is 2.30. The Morgan fingerprint density at radius 2 is 1.83 bits per heavy atom. The first-order chi connectivity index (χ1) is 11.6. The number of amides is 2. The summed E-state index contributed by atoms with van der Waals surface area (Å²) in [7, 11) is 0. The van der Waals surface area contributed by atoms with Crippen molar-refractivity contribution in [3.63, 3.8) is 0 Å². The molecule has 1 saturated carbocycles. The average molecular weight is 332 g/mol. The molecule has 6 heteroatoms. The summed E-state index contributed by atoms with van der Waals surface area (Å²) >= 11 is 0. The zero-order chi connectivity index (χ0) is 17.4. The van der Waals surface area contributed by atoms with Crippen molar-refractivity contribution in [1.29, 1.82) is 0 Å². The molecule has 0 heterocycles. The molecule has 0 bridgehead atoms. The number of aliphatic carboxylic acids is 1. The Morgan fingerprint density at radius 1 is 1.08 bits per heavy atom. The number of rotatable bonds is 10. The van der Waals surface area contributed by atoms with Gasteiger partial charge in [0.15, 0.2) is 0 Å². The van der Waals surface area contributed by atoms with Crippen molar-refractivity contribution in [3.8, 4) is 0 Å². The van der Waals surface area contributed by atoms with Crippen LogP contribution in [0.3, 0.4) is 0 Å². The Bertz CT molecular complexity index is 596. The molecule has 0 saturated heterocycles. The van der Waals surface area contributed by atoms with E-state index >= 15 is 0 Å². The van der Waals surface area contributed by atoms with Gasteiger partial charge in [-0.05, 0) is 43.9 Å². The van der Waals surface area contributed by atoms with Crippen LogP contribution >= 0.6 is 0 Å². The molecule has 0 atom stereocenters. The van der Waals surface area contributed by atoms with Gasteiger partial charge in [-0.1, -0.05) is 18.9 Å². The maximum atomic E-state index is 12.1. The van der Waals surface area contributed by atoms with E-state index in [9.17, 15) is 14.4 Å². The van der Waals surface area contributed by atoms with Crippen molar-refractivity contribution in [1.82, 2.24) is 5.32 Å². The van der Waals surface area contributed by atoms with Crippen LogP contribution in [-0.2, 0) is 9.59 Å². The molecule has 1 aliphatic carbocycles. The minimum atomic E-state index is -0.767. The van der Waals surface area contributed by atoms with E-state index in [1.807, 2.05) is 0 Å². The van der Waals surface area contributed by atoms with Crippen LogP contribution in [0.5, 0.6) is 0 Å². The van der Waals surface area contributed by atoms with Crippen LogP contribution in [0.4, 0.5) is 5.69 Å². The van der Waals surface area contributed by atoms with Gasteiger partial charge in [-0.25, -0.2) is 0 Å². The van der Waals surface area contributed by atoms with Crippen molar-refractivity contribution in [2.45, 2.75) is 44.9 Å². The van der Waals surface area contributed by atoms with Gasteiger partial charge in [-0.3, -0.25) is 14.4 Å². The highest BCUT2D eigenvalue weighted by Gasteiger charge is 2.29. The van der Waals surface area contributed by atoms with Gasteiger partial charge in [0.1, 0.15) is 0 Å². The molecule has 0 radical (unpaired) electrons. The monoisotopic (exact) mass is 332 g/mol. The molecule has 1 aromatic rings. The highest BCUT2D eigenvalue weighted by atomic mass is 16.4. The molecule has 24 heavy (non-hydrogen) atoms. The van der Waals surface area contributed by atoms with Crippen molar-refractivity contribution in [2.75, 3.05) is 11.9 Å². The van der Waals surface area contributed by atoms with Gasteiger partial charge in [-0.2, -0.15) is 0 Å². The molecule has 0 unspecified atom stereocenters. The Labute approximate surface area is 141 Å². The highest BCUT2D eigenvalue weighted by molar-refractivity contribution is 5.98. The maximum Gasteiger partial charge on any atom is 0.303 e. The standard InChI is InChI=1S/C18H24N2O4/c21-16(22)8-3-1-2-4-11-19-17(23)14-6-5-7-15(12-14)20-18(24)13-9-10-13/h5-7,12-13H,1-4,8-11H2,(H,19,23)(H,20,24)(H,21,22). The molecule has 0 aromatic heterocycles. The molecular weight excluding hydrogens is 308 g/mol. The molecule has 0 aliphatic heterocycles. The zero-order valence-electron chi connectivity index (χ0n) is 13.7. The molecule has 130 valence electrons. The molecule has 0 spiro atoms. The van der Waals surface area contributed by atoms with E-state index in [1.165, 1.54) is 0 Å². The van der Waals surface area contributed by atoms with Crippen LogP contribution in [-0.4, -0.2) is 29.4 Å². The molecule has 3 N–H and O–H groups in total. The molecule has 2 amide bonds. The number of hydrogen-bond donors (Lipinski definition) is 3. The average Bonchev–Trinajstić information content (AvgIpc) is 3.38. The summed E-state index contributed by atoms with van der Waals surface area (Å²) < 4.78 is 0. The molecule has 2 rings (SSSR count). The van der Waals surface area contributed by atoms with Crippen LogP contribution in [0.15, 0.2) is 24.3 Å². The first kappa shape index (κ1) is 18.0. The van der Waals surface area contributed by atoms with Gasteiger partial charge < -0.3 is 15.7 Å². The third-order valence-electron chi connectivity index (χ3n) is 3.94. The second-order valence-corrected chi connectivity index (χ2v) is 6.16. The van der Waals surface area contributed by atoms with Crippen molar-refractivity contribution >= 4 is 23.5 Å². The molecule has 6 nitrogen and oxygen atoms in total. The molecule has 1 aromatic carbocycles. The van der Waals surface area contributed by atoms with Gasteiger partial charge in [0.2, 0.25) is 5.91 Å². The SMILES string of the molecule is O=C(O)CCCCCCNC(=O)c1cccc(NC(=O)C2CC2)c1. The van der Waals surface area contributed by atoms with Crippen molar-refractivity contribution in [3.05, 3.63) is 29.8 Å². The lowest BCUT2D eigenvalue weighted by Crippen LogP contribution is -2.24. The second kappa shape index (κ2) is 9.05. The first-order valence-electron chi connectivity index (χ1n) is 8.47. The van der Waals surface area contributed by atoms with Crippen LogP contribution in [0, 0.1) is 5.92 Å². The topological polar surface area (TPSA) is 95.5 Å². The smallest absolute Gasteiger partial charge is 0.303 e. The Balaban J connectivity index is 1.68. The van der Waals surface area contributed by atoms with Crippen LogP contribution in [0.2, 0.25) is 0 Å². The lowest BCUT2D eigenvalue weighted by Gasteiger charge is -2.08. The zero-order valence-corrected chi connectivity index (χ0v) is 13.7. The van der Waals surface area contributed by atoms with Gasteiger partial charge in [0, 0.05) is 30.1 Å². The van der Waals surface area contributed by atoms with E-state index in [0.29, 0.717) is 24.2 Å². The fraction of sp³-hybridized carbons (Fsp3) is 0.500. The number of unbranched alkanes of at least 4 members (excludes halogenated alkanes) is 3. The number of carboxylic acid groups (broad SMARTS) is 1. The van der Waals surface area contributed by atoms with Crippen LogP contribution in [0.1, 0.15) is 55.3 Å². The van der Waals surface area contributed by atoms with E-state index in [-0.39, 0.29) is 24.2 Å². The van der Waals surface area contributed by atoms with Crippen LogP contribution in [0.25, 0.3) is 0 Å². The van der Waals surface area contributed by atoms with E-state index < -0.39 is 5.97 Å². The number of carbonyl (C=O) groups excluding carboxylic acids is 2. The third kappa shape index (κ3) is 6.40. The van der Waals surface area contributed by atoms with Gasteiger partial charge in [0.05, 0.1) is 0 Å². The lowest BCUT2D eigenvalue weighted by atomic mass is 10.1. The summed E-state index contributed by atoms with van der Waals surface area (Å²) in [6, 6.07) is 6.93. The minimum absolute atomic E-state index is 0.0221. The third-order valence-corrected chi connectivity index (χ3v) is 3.94. The van der Waals surface area contributed by atoms with Crippen molar-refractivity contribution < 1.29 is 19.5 Å². The molecule has 1 aliphatic rings. The lowest BCUT2D eigenvalue weighted by molar-refractivity contribution is -0.137. The Morgan fingerprint density at radius 3 is 2.54 bits per heavy atom. The minimum Gasteiger partial charge on any atom is -0.481 e. The largest absolute Gasteiger partial charge is 0.481 e. The van der Waals surface area contributed by atoms with E-state index in [1.54, 1.807) is 24.3 Å². The number of hydrogen-bond acceptors (Lipinski definition) is 3. The maximum absolute atomic E-state index is 12.1. The Kier molecular flexibility index (Phi) is 6.78. The van der Waals surface area contributed by atoms with Gasteiger partial charge in [-0.15, -0.1) is 0 Å². The number of nitrogens with one attached hydrogen (secondary N) is 2. The Hall–Kier alpha value is -2.37. The van der Waals surface area contributed by atoms with E-state index in [2.05, 4.69) is 10.6 Å². The predicted octanol–water partition coefficient (Wildman–Crippen LogP) is 2.80. The first-order valence-corrected chi connectivity index (χ1v) is 8.47. The second-order valence-electron chi connectivity index (χ2n) is 6.16. The molecule has 1 fully saturated rings. The summed E-state index contributed by atoms with van der Waals surface area (Å²) in [6.07, 6.45) is 5.33. The van der Waals surface area contributed by atoms with Gasteiger partial charge >= 0.3 is 5.97 Å². The van der Waals surface area contributed by atoms with Crippen molar-refractivity contribution in [2.24, 2.45) is 5.92 Å². The normalized spacial score (nSPS) is 13.3. The number of benzene rings is 1.